The second-order valence-electron chi connectivity index (χ2n) is 6.51. The number of hydrogen-bond acceptors (Lipinski definition) is 3. The number of hydrogen-bond donors (Lipinski definition) is 1. The summed E-state index contributed by atoms with van der Waals surface area (Å²) in [6.07, 6.45) is 3.67. The first-order valence-corrected chi connectivity index (χ1v) is 9.40. The lowest BCUT2D eigenvalue weighted by Gasteiger charge is -2.05. The van der Waals surface area contributed by atoms with Crippen LogP contribution < -0.4 is 10.5 Å². The molecule has 0 aliphatic carbocycles. The van der Waals surface area contributed by atoms with Crippen molar-refractivity contribution in [2.45, 2.75) is 6.54 Å². The Hall–Kier alpha value is -3.57. The second kappa shape index (κ2) is 8.20. The van der Waals surface area contributed by atoms with Crippen LogP contribution in [0.15, 0.2) is 84.0 Å². The fourth-order valence-corrected chi connectivity index (χ4v) is 3.27. The first-order valence-electron chi connectivity index (χ1n) is 9.02. The molecule has 0 spiro atoms. The van der Waals surface area contributed by atoms with Crippen LogP contribution in [0.3, 0.4) is 0 Å². The molecule has 3 aromatic carbocycles. The lowest BCUT2D eigenvalue weighted by molar-refractivity contribution is -0.118. The van der Waals surface area contributed by atoms with Crippen LogP contribution in [-0.4, -0.2) is 16.7 Å². The molecule has 1 heterocycles. The van der Waals surface area contributed by atoms with Crippen molar-refractivity contribution in [1.82, 2.24) is 4.57 Å². The molecule has 0 aliphatic rings. The molecule has 0 fully saturated rings. The van der Waals surface area contributed by atoms with Crippen LogP contribution in [0.2, 0.25) is 5.02 Å². The van der Waals surface area contributed by atoms with Gasteiger partial charge in [0, 0.05) is 33.9 Å². The molecule has 6 heteroatoms. The van der Waals surface area contributed by atoms with Crippen LogP contribution in [-0.2, 0) is 11.3 Å². The Morgan fingerprint density at radius 3 is 2.59 bits per heavy atom. The average Bonchev–Trinajstić information content (AvgIpc) is 3.05. The van der Waals surface area contributed by atoms with Gasteiger partial charge in [0.2, 0.25) is 5.91 Å². The van der Waals surface area contributed by atoms with Crippen molar-refractivity contribution in [2.75, 3.05) is 0 Å². The fraction of sp³-hybridized carbons (Fsp3) is 0.0435. The van der Waals surface area contributed by atoms with E-state index in [9.17, 15) is 4.79 Å². The van der Waals surface area contributed by atoms with Crippen molar-refractivity contribution in [2.24, 2.45) is 10.7 Å². The maximum Gasteiger partial charge on any atom is 0.237 e. The molecule has 0 unspecified atom stereocenters. The summed E-state index contributed by atoms with van der Waals surface area (Å²) >= 11 is 5.98. The predicted molar refractivity (Wildman–Crippen MR) is 116 cm³/mol. The number of carbonyl (C=O) groups excluding carboxylic acids is 1. The molecule has 0 bridgehead atoms. The maximum absolute atomic E-state index is 11.3. The zero-order valence-electron chi connectivity index (χ0n) is 15.5. The summed E-state index contributed by atoms with van der Waals surface area (Å²) < 4.78 is 7.63. The van der Waals surface area contributed by atoms with Gasteiger partial charge < -0.3 is 15.0 Å². The summed E-state index contributed by atoms with van der Waals surface area (Å²) in [4.78, 5) is 15.9. The first-order chi connectivity index (χ1) is 14.1. The third kappa shape index (κ3) is 4.47. The molecule has 0 saturated carbocycles. The van der Waals surface area contributed by atoms with E-state index in [0.717, 1.165) is 22.2 Å². The number of benzene rings is 3. The van der Waals surface area contributed by atoms with Crippen molar-refractivity contribution in [3.8, 4) is 11.5 Å². The van der Waals surface area contributed by atoms with Gasteiger partial charge in [-0.05, 0) is 48.5 Å². The Kier molecular flexibility index (Phi) is 5.31. The highest BCUT2D eigenvalue weighted by atomic mass is 35.5. The summed E-state index contributed by atoms with van der Waals surface area (Å²) in [5.74, 6) is 0.991. The van der Waals surface area contributed by atoms with E-state index in [1.165, 1.54) is 0 Å². The van der Waals surface area contributed by atoms with Crippen molar-refractivity contribution >= 4 is 40.3 Å². The number of carbonyl (C=O) groups is 1. The Labute approximate surface area is 173 Å². The van der Waals surface area contributed by atoms with Crippen molar-refractivity contribution < 1.29 is 9.53 Å². The number of para-hydroxylation sites is 1. The molecule has 1 amide bonds. The van der Waals surface area contributed by atoms with Gasteiger partial charge in [-0.1, -0.05) is 35.9 Å². The Bertz CT molecular complexity index is 1200. The lowest BCUT2D eigenvalue weighted by atomic mass is 10.2. The predicted octanol–water partition coefficient (Wildman–Crippen LogP) is 5.32. The standard InChI is InChI=1S/C23H18ClN3O2/c24-17-4-3-5-20(12-17)29-19-10-8-18(9-11-19)26-13-16-14-27(15-23(25)28)22-7-2-1-6-21(16)22/h1-14H,15H2,(H2,25,28). The molecule has 2 N–H and O–H groups in total. The van der Waals surface area contributed by atoms with Crippen LogP contribution in [0.5, 0.6) is 11.5 Å². The molecular weight excluding hydrogens is 386 g/mol. The summed E-state index contributed by atoms with van der Waals surface area (Å²) in [6.45, 7) is 0.129. The third-order valence-electron chi connectivity index (χ3n) is 4.37. The number of nitrogens with zero attached hydrogens (tertiary/aromatic N) is 2. The van der Waals surface area contributed by atoms with Gasteiger partial charge in [-0.15, -0.1) is 0 Å². The van der Waals surface area contributed by atoms with Gasteiger partial charge in [-0.3, -0.25) is 9.79 Å². The van der Waals surface area contributed by atoms with Crippen LogP contribution in [0.25, 0.3) is 10.9 Å². The number of ether oxygens (including phenoxy) is 1. The van der Waals surface area contributed by atoms with Crippen molar-refractivity contribution in [1.29, 1.82) is 0 Å². The molecular formula is C23H18ClN3O2. The minimum absolute atomic E-state index is 0.129. The van der Waals surface area contributed by atoms with Gasteiger partial charge in [-0.25, -0.2) is 0 Å². The van der Waals surface area contributed by atoms with Gasteiger partial charge in [0.05, 0.1) is 5.69 Å². The quantitative estimate of drug-likeness (QED) is 0.442. The number of halogens is 1. The number of aliphatic imine (C=N–C) groups is 1. The Balaban J connectivity index is 1.54. The summed E-state index contributed by atoms with van der Waals surface area (Å²) in [5.41, 5.74) is 8.00. The first kappa shape index (κ1) is 18.8. The highest BCUT2D eigenvalue weighted by Crippen LogP contribution is 2.26. The van der Waals surface area contributed by atoms with Crippen molar-refractivity contribution in [3.63, 3.8) is 0 Å². The molecule has 5 nitrogen and oxygen atoms in total. The smallest absolute Gasteiger partial charge is 0.237 e. The number of nitrogens with two attached hydrogens (primary N) is 1. The molecule has 0 aliphatic heterocycles. The zero-order chi connectivity index (χ0) is 20.2. The molecule has 0 radical (unpaired) electrons. The van der Waals surface area contributed by atoms with Crippen LogP contribution >= 0.6 is 11.6 Å². The van der Waals surface area contributed by atoms with E-state index in [4.69, 9.17) is 22.1 Å². The average molecular weight is 404 g/mol. The number of fused-ring (bicyclic) bond motifs is 1. The van der Waals surface area contributed by atoms with Gasteiger partial charge in [0.25, 0.3) is 0 Å². The number of amides is 1. The van der Waals surface area contributed by atoms with E-state index in [0.29, 0.717) is 16.5 Å². The minimum Gasteiger partial charge on any atom is -0.457 e. The molecule has 1 aromatic heterocycles. The van der Waals surface area contributed by atoms with E-state index in [1.54, 1.807) is 18.3 Å². The van der Waals surface area contributed by atoms with E-state index < -0.39 is 0 Å². The topological polar surface area (TPSA) is 69.6 Å². The SMILES string of the molecule is NC(=O)Cn1cc(C=Nc2ccc(Oc3cccc(Cl)c3)cc2)c2ccccc21. The Morgan fingerprint density at radius 1 is 1.03 bits per heavy atom. The monoisotopic (exact) mass is 403 g/mol. The molecule has 144 valence electrons. The molecule has 0 saturated heterocycles. The molecule has 4 rings (SSSR count). The van der Waals surface area contributed by atoms with Gasteiger partial charge in [-0.2, -0.15) is 0 Å². The summed E-state index contributed by atoms with van der Waals surface area (Å²) in [7, 11) is 0. The number of aromatic nitrogens is 1. The normalized spacial score (nSPS) is 11.2. The highest BCUT2D eigenvalue weighted by Gasteiger charge is 2.08. The van der Waals surface area contributed by atoms with E-state index in [2.05, 4.69) is 4.99 Å². The largest absolute Gasteiger partial charge is 0.457 e. The van der Waals surface area contributed by atoms with Crippen molar-refractivity contribution in [3.05, 3.63) is 89.6 Å². The van der Waals surface area contributed by atoms with E-state index >= 15 is 0 Å². The Morgan fingerprint density at radius 2 is 1.83 bits per heavy atom. The minimum atomic E-state index is -0.385. The summed E-state index contributed by atoms with van der Waals surface area (Å²) in [5, 5.41) is 1.64. The van der Waals surface area contributed by atoms with Gasteiger partial charge in [0.1, 0.15) is 18.0 Å². The highest BCUT2D eigenvalue weighted by molar-refractivity contribution is 6.30. The van der Waals surface area contributed by atoms with Gasteiger partial charge in [0.15, 0.2) is 0 Å². The van der Waals surface area contributed by atoms with E-state index in [-0.39, 0.29) is 12.5 Å². The van der Waals surface area contributed by atoms with E-state index in [1.807, 2.05) is 71.4 Å². The summed E-state index contributed by atoms with van der Waals surface area (Å²) in [6, 6.07) is 22.5. The number of primary amides is 1. The zero-order valence-corrected chi connectivity index (χ0v) is 16.2. The number of rotatable bonds is 6. The lowest BCUT2D eigenvalue weighted by Crippen LogP contribution is -2.17. The van der Waals surface area contributed by atoms with Crippen LogP contribution in [0, 0.1) is 0 Å². The van der Waals surface area contributed by atoms with Crippen LogP contribution in [0.4, 0.5) is 5.69 Å². The molecule has 29 heavy (non-hydrogen) atoms. The fourth-order valence-electron chi connectivity index (χ4n) is 3.09. The third-order valence-corrected chi connectivity index (χ3v) is 4.60. The molecule has 4 aromatic rings. The second-order valence-corrected chi connectivity index (χ2v) is 6.94. The molecule has 0 atom stereocenters. The van der Waals surface area contributed by atoms with Gasteiger partial charge >= 0.3 is 0 Å². The maximum atomic E-state index is 11.3. The van der Waals surface area contributed by atoms with Crippen LogP contribution in [0.1, 0.15) is 5.56 Å².